The number of hydrogen-bond donors (Lipinski definition) is 0. The molecule has 0 unspecified atom stereocenters. The average molecular weight is 266 g/mol. The molecule has 0 saturated heterocycles. The summed E-state index contributed by atoms with van der Waals surface area (Å²) in [5, 5.41) is 1.23. The number of thiophene rings is 1. The van der Waals surface area contributed by atoms with E-state index in [1.165, 1.54) is 21.2 Å². The van der Waals surface area contributed by atoms with E-state index in [-0.39, 0.29) is 0 Å². The molecule has 1 aromatic heterocycles. The summed E-state index contributed by atoms with van der Waals surface area (Å²) in [6, 6.07) is 18.7. The Morgan fingerprint density at radius 2 is 1.63 bits per heavy atom. The number of rotatable bonds is 4. The van der Waals surface area contributed by atoms with E-state index in [9.17, 15) is 4.79 Å². The standard InChI is InChI=1S/C17H14OS/c18-12-17-15(11-10-13-6-2-1-3-7-13)14-8-4-5-9-16(14)19-17/h1-9,12H,10-11H2. The molecule has 0 aliphatic rings. The molecule has 3 rings (SSSR count). The molecule has 0 spiro atoms. The maximum absolute atomic E-state index is 11.2. The van der Waals surface area contributed by atoms with Gasteiger partial charge in [-0.05, 0) is 35.4 Å². The van der Waals surface area contributed by atoms with Crippen LogP contribution in [0.2, 0.25) is 0 Å². The fourth-order valence-electron chi connectivity index (χ4n) is 2.38. The number of fused-ring (bicyclic) bond motifs is 1. The Morgan fingerprint density at radius 3 is 2.42 bits per heavy atom. The third-order valence-electron chi connectivity index (χ3n) is 3.34. The van der Waals surface area contributed by atoms with Gasteiger partial charge < -0.3 is 0 Å². The first-order valence-electron chi connectivity index (χ1n) is 6.38. The van der Waals surface area contributed by atoms with Crippen LogP contribution in [0.15, 0.2) is 54.6 Å². The van der Waals surface area contributed by atoms with Gasteiger partial charge in [-0.2, -0.15) is 0 Å². The van der Waals surface area contributed by atoms with Crippen molar-refractivity contribution in [3.63, 3.8) is 0 Å². The summed E-state index contributed by atoms with van der Waals surface area (Å²) >= 11 is 1.59. The van der Waals surface area contributed by atoms with Gasteiger partial charge in [0.05, 0.1) is 4.88 Å². The van der Waals surface area contributed by atoms with Crippen molar-refractivity contribution in [1.29, 1.82) is 0 Å². The second kappa shape index (κ2) is 5.37. The van der Waals surface area contributed by atoms with Crippen LogP contribution in [-0.4, -0.2) is 6.29 Å². The lowest BCUT2D eigenvalue weighted by atomic mass is 10.0. The van der Waals surface area contributed by atoms with Gasteiger partial charge in [-0.1, -0.05) is 48.5 Å². The number of carbonyl (C=O) groups is 1. The van der Waals surface area contributed by atoms with Crippen molar-refractivity contribution >= 4 is 27.7 Å². The van der Waals surface area contributed by atoms with Crippen LogP contribution in [0.4, 0.5) is 0 Å². The molecule has 0 aliphatic carbocycles. The van der Waals surface area contributed by atoms with Crippen molar-refractivity contribution in [3.05, 3.63) is 70.6 Å². The van der Waals surface area contributed by atoms with E-state index in [2.05, 4.69) is 36.4 Å². The third-order valence-corrected chi connectivity index (χ3v) is 4.48. The summed E-state index contributed by atoms with van der Waals surface area (Å²) in [7, 11) is 0. The minimum absolute atomic E-state index is 0.872. The van der Waals surface area contributed by atoms with Crippen LogP contribution in [0.1, 0.15) is 20.8 Å². The molecular formula is C17H14OS. The highest BCUT2D eigenvalue weighted by molar-refractivity contribution is 7.20. The highest BCUT2D eigenvalue weighted by atomic mass is 32.1. The Hall–Kier alpha value is -1.93. The zero-order valence-electron chi connectivity index (χ0n) is 10.5. The van der Waals surface area contributed by atoms with E-state index >= 15 is 0 Å². The molecule has 0 fully saturated rings. The van der Waals surface area contributed by atoms with Gasteiger partial charge in [-0.15, -0.1) is 11.3 Å². The zero-order chi connectivity index (χ0) is 13.1. The van der Waals surface area contributed by atoms with Crippen molar-refractivity contribution in [2.24, 2.45) is 0 Å². The Bertz CT molecular complexity index is 698. The Kier molecular flexibility index (Phi) is 3.43. The topological polar surface area (TPSA) is 17.1 Å². The number of hydrogen-bond acceptors (Lipinski definition) is 2. The van der Waals surface area contributed by atoms with Crippen molar-refractivity contribution in [1.82, 2.24) is 0 Å². The fraction of sp³-hybridized carbons (Fsp3) is 0.118. The molecule has 1 nitrogen and oxygen atoms in total. The third kappa shape index (κ3) is 2.45. The van der Waals surface area contributed by atoms with Crippen LogP contribution < -0.4 is 0 Å². The number of aldehydes is 1. The molecule has 2 aromatic carbocycles. The molecule has 94 valence electrons. The number of carbonyl (C=O) groups excluding carboxylic acids is 1. The largest absolute Gasteiger partial charge is 0.297 e. The predicted octanol–water partition coefficient (Wildman–Crippen LogP) is 4.50. The van der Waals surface area contributed by atoms with Crippen molar-refractivity contribution in [2.45, 2.75) is 12.8 Å². The normalized spacial score (nSPS) is 10.7. The van der Waals surface area contributed by atoms with E-state index in [0.717, 1.165) is 24.0 Å². The molecule has 0 aliphatic heterocycles. The first-order chi connectivity index (χ1) is 9.38. The smallest absolute Gasteiger partial charge is 0.160 e. The molecule has 0 amide bonds. The minimum Gasteiger partial charge on any atom is -0.297 e. The second-order valence-corrected chi connectivity index (χ2v) is 5.63. The summed E-state index contributed by atoms with van der Waals surface area (Å²) in [6.45, 7) is 0. The van der Waals surface area contributed by atoms with E-state index < -0.39 is 0 Å². The fourth-order valence-corrected chi connectivity index (χ4v) is 3.45. The van der Waals surface area contributed by atoms with Gasteiger partial charge in [0.1, 0.15) is 0 Å². The average Bonchev–Trinajstić information content (AvgIpc) is 2.84. The van der Waals surface area contributed by atoms with Gasteiger partial charge in [0.15, 0.2) is 6.29 Å². The quantitative estimate of drug-likeness (QED) is 0.635. The molecule has 19 heavy (non-hydrogen) atoms. The predicted molar refractivity (Wildman–Crippen MR) is 81.1 cm³/mol. The minimum atomic E-state index is 0.872. The molecular weight excluding hydrogens is 252 g/mol. The Morgan fingerprint density at radius 1 is 0.895 bits per heavy atom. The maximum atomic E-state index is 11.2. The Balaban J connectivity index is 1.93. The maximum Gasteiger partial charge on any atom is 0.160 e. The first kappa shape index (κ1) is 12.1. The van der Waals surface area contributed by atoms with E-state index in [1.807, 2.05) is 18.2 Å². The van der Waals surface area contributed by atoms with Crippen LogP contribution in [0.5, 0.6) is 0 Å². The highest BCUT2D eigenvalue weighted by Crippen LogP contribution is 2.31. The summed E-state index contributed by atoms with van der Waals surface area (Å²) in [4.78, 5) is 12.1. The lowest BCUT2D eigenvalue weighted by Gasteiger charge is -2.02. The van der Waals surface area contributed by atoms with Crippen LogP contribution in [0, 0.1) is 0 Å². The Labute approximate surface area is 116 Å². The van der Waals surface area contributed by atoms with Crippen LogP contribution in [-0.2, 0) is 12.8 Å². The summed E-state index contributed by atoms with van der Waals surface area (Å²) in [5.74, 6) is 0. The highest BCUT2D eigenvalue weighted by Gasteiger charge is 2.10. The molecule has 2 heteroatoms. The molecule has 0 radical (unpaired) electrons. The van der Waals surface area contributed by atoms with Crippen LogP contribution in [0.3, 0.4) is 0 Å². The van der Waals surface area contributed by atoms with Crippen molar-refractivity contribution in [2.75, 3.05) is 0 Å². The van der Waals surface area contributed by atoms with Crippen LogP contribution in [0.25, 0.3) is 10.1 Å². The SMILES string of the molecule is O=Cc1sc2ccccc2c1CCc1ccccc1. The van der Waals surface area contributed by atoms with Gasteiger partial charge in [0.25, 0.3) is 0 Å². The lowest BCUT2D eigenvalue weighted by molar-refractivity contribution is 0.112. The summed E-state index contributed by atoms with van der Waals surface area (Å²) < 4.78 is 1.20. The van der Waals surface area contributed by atoms with Gasteiger partial charge in [-0.3, -0.25) is 4.79 Å². The number of aryl methyl sites for hydroxylation is 2. The first-order valence-corrected chi connectivity index (χ1v) is 7.19. The van der Waals surface area contributed by atoms with Gasteiger partial charge >= 0.3 is 0 Å². The monoisotopic (exact) mass is 266 g/mol. The van der Waals surface area contributed by atoms with E-state index in [1.54, 1.807) is 11.3 Å². The molecule has 0 N–H and O–H groups in total. The molecule has 0 saturated carbocycles. The van der Waals surface area contributed by atoms with Crippen LogP contribution >= 0.6 is 11.3 Å². The van der Waals surface area contributed by atoms with E-state index in [0.29, 0.717) is 0 Å². The summed E-state index contributed by atoms with van der Waals surface area (Å²) in [6.07, 6.45) is 2.88. The van der Waals surface area contributed by atoms with Crippen molar-refractivity contribution in [3.8, 4) is 0 Å². The van der Waals surface area contributed by atoms with Gasteiger partial charge in [0.2, 0.25) is 0 Å². The molecule has 0 bridgehead atoms. The number of benzene rings is 2. The van der Waals surface area contributed by atoms with E-state index in [4.69, 9.17) is 0 Å². The second-order valence-electron chi connectivity index (χ2n) is 4.54. The molecule has 0 atom stereocenters. The molecule has 1 heterocycles. The van der Waals surface area contributed by atoms with Crippen molar-refractivity contribution < 1.29 is 4.79 Å². The lowest BCUT2D eigenvalue weighted by Crippen LogP contribution is -1.93. The zero-order valence-corrected chi connectivity index (χ0v) is 11.3. The molecule has 3 aromatic rings. The van der Waals surface area contributed by atoms with Gasteiger partial charge in [-0.25, -0.2) is 0 Å². The van der Waals surface area contributed by atoms with Gasteiger partial charge in [0, 0.05) is 4.70 Å². The summed E-state index contributed by atoms with van der Waals surface area (Å²) in [5.41, 5.74) is 2.51.